The fourth-order valence-corrected chi connectivity index (χ4v) is 6.18. The molecule has 4 heterocycles. The maximum absolute atomic E-state index is 13.4. The molecular weight excluding hydrogens is 528 g/mol. The summed E-state index contributed by atoms with van der Waals surface area (Å²) < 4.78 is 30.4. The maximum atomic E-state index is 13.4. The molecule has 6 rings (SSSR count). The Hall–Kier alpha value is -3.80. The van der Waals surface area contributed by atoms with Crippen molar-refractivity contribution in [3.8, 4) is 11.3 Å². The van der Waals surface area contributed by atoms with Gasteiger partial charge in [0.1, 0.15) is 5.52 Å². The summed E-state index contributed by atoms with van der Waals surface area (Å²) in [5.41, 5.74) is 5.79. The molecule has 0 unspecified atom stereocenters. The minimum atomic E-state index is -3.36. The smallest absolute Gasteiger partial charge is 0.259 e. The molecule has 2 aliphatic rings. The second-order valence-electron chi connectivity index (χ2n) is 10.4. The zero-order valence-electron chi connectivity index (χ0n) is 22.6. The highest BCUT2D eigenvalue weighted by Gasteiger charge is 2.31. The topological polar surface area (TPSA) is 121 Å². The van der Waals surface area contributed by atoms with Gasteiger partial charge in [0.15, 0.2) is 15.5 Å². The number of benzene rings is 2. The van der Waals surface area contributed by atoms with E-state index < -0.39 is 15.1 Å². The lowest BCUT2D eigenvalue weighted by Crippen LogP contribution is -2.39. The highest BCUT2D eigenvalue weighted by molar-refractivity contribution is 7.92. The van der Waals surface area contributed by atoms with Gasteiger partial charge in [-0.2, -0.15) is 0 Å². The van der Waals surface area contributed by atoms with Gasteiger partial charge in [0.2, 0.25) is 0 Å². The number of nitrogens with zero attached hydrogens (tertiary/aromatic N) is 4. The molecule has 2 aromatic heterocycles. The van der Waals surface area contributed by atoms with Gasteiger partial charge in [-0.1, -0.05) is 12.1 Å². The lowest BCUT2D eigenvalue weighted by atomic mass is 10.1. The average molecular weight is 561 g/mol. The molecule has 2 aromatic carbocycles. The number of carbonyl (C=O) groups is 1. The minimum Gasteiger partial charge on any atom is -0.384 e. The third-order valence-electron chi connectivity index (χ3n) is 7.52. The van der Waals surface area contributed by atoms with Gasteiger partial charge in [0.05, 0.1) is 47.5 Å². The number of H-pyrrole nitrogens is 1. The van der Waals surface area contributed by atoms with E-state index in [1.165, 1.54) is 0 Å². The average Bonchev–Trinajstić information content (AvgIpc) is 3.53. The van der Waals surface area contributed by atoms with Crippen LogP contribution < -0.4 is 10.2 Å². The first kappa shape index (κ1) is 26.4. The summed E-state index contributed by atoms with van der Waals surface area (Å²) >= 11 is 0. The van der Waals surface area contributed by atoms with E-state index in [2.05, 4.69) is 20.2 Å². The first-order valence-corrected chi connectivity index (χ1v) is 15.0. The van der Waals surface area contributed by atoms with E-state index in [-0.39, 0.29) is 10.8 Å². The molecule has 0 atom stereocenters. The molecule has 0 aliphatic carbocycles. The standard InChI is InChI=1S/C29H32N6O4S/c1-19(2)40(37,38)23-6-3-20(4-7-23)25-16-31-28-27(33-25)26(17-32-28)35-18-21-15-22(5-8-24(21)29(35)36)30-9-10-34-11-13-39-14-12-34/h3-8,15-17,19,30H,9-14,18H2,1-2H3,(H,31,32). The summed E-state index contributed by atoms with van der Waals surface area (Å²) in [6.07, 6.45) is 3.40. The van der Waals surface area contributed by atoms with Crippen LogP contribution in [0.3, 0.4) is 0 Å². The first-order valence-electron chi connectivity index (χ1n) is 13.5. The molecule has 40 heavy (non-hydrogen) atoms. The predicted molar refractivity (Wildman–Crippen MR) is 154 cm³/mol. The van der Waals surface area contributed by atoms with Crippen molar-refractivity contribution in [2.24, 2.45) is 0 Å². The first-order chi connectivity index (χ1) is 19.3. The number of aromatic amines is 1. The molecule has 11 heteroatoms. The Balaban J connectivity index is 1.20. The summed E-state index contributed by atoms with van der Waals surface area (Å²) in [5, 5.41) is 2.98. The third kappa shape index (κ3) is 4.96. The largest absolute Gasteiger partial charge is 0.384 e. The van der Waals surface area contributed by atoms with Gasteiger partial charge in [-0.3, -0.25) is 9.69 Å². The van der Waals surface area contributed by atoms with Crippen LogP contribution in [-0.2, 0) is 21.1 Å². The molecule has 1 amide bonds. The highest BCUT2D eigenvalue weighted by Crippen LogP contribution is 2.34. The number of nitrogens with one attached hydrogen (secondary N) is 2. The minimum absolute atomic E-state index is 0.0776. The Kier molecular flexibility index (Phi) is 7.03. The number of fused-ring (bicyclic) bond motifs is 2. The van der Waals surface area contributed by atoms with Crippen LogP contribution in [0.5, 0.6) is 0 Å². The van der Waals surface area contributed by atoms with Crippen molar-refractivity contribution in [3.05, 3.63) is 66.0 Å². The van der Waals surface area contributed by atoms with Crippen molar-refractivity contribution in [3.63, 3.8) is 0 Å². The Morgan fingerprint density at radius 3 is 2.62 bits per heavy atom. The molecule has 10 nitrogen and oxygen atoms in total. The molecule has 1 fully saturated rings. The molecule has 0 bridgehead atoms. The number of carbonyl (C=O) groups excluding carboxylic acids is 1. The van der Waals surface area contributed by atoms with Crippen molar-refractivity contribution >= 4 is 38.3 Å². The fraction of sp³-hybridized carbons (Fsp3) is 0.345. The number of ether oxygens (including phenoxy) is 1. The zero-order chi connectivity index (χ0) is 27.9. The monoisotopic (exact) mass is 560 g/mol. The van der Waals surface area contributed by atoms with Gasteiger partial charge in [-0.15, -0.1) is 0 Å². The van der Waals surface area contributed by atoms with Crippen molar-refractivity contribution in [1.82, 2.24) is 19.9 Å². The molecule has 2 N–H and O–H groups in total. The molecule has 208 valence electrons. The second kappa shape index (κ2) is 10.6. The maximum Gasteiger partial charge on any atom is 0.259 e. The number of amides is 1. The van der Waals surface area contributed by atoms with E-state index in [4.69, 9.17) is 9.72 Å². The quantitative estimate of drug-likeness (QED) is 0.335. The van der Waals surface area contributed by atoms with Gasteiger partial charge >= 0.3 is 0 Å². The van der Waals surface area contributed by atoms with Crippen LogP contribution in [-0.4, -0.2) is 78.8 Å². The van der Waals surface area contributed by atoms with Gasteiger partial charge in [0.25, 0.3) is 5.91 Å². The number of hydrogen-bond donors (Lipinski definition) is 2. The van der Waals surface area contributed by atoms with Crippen LogP contribution in [0.25, 0.3) is 22.4 Å². The number of aromatic nitrogens is 3. The number of morpholine rings is 1. The van der Waals surface area contributed by atoms with E-state index in [1.54, 1.807) is 55.4 Å². The number of rotatable bonds is 8. The summed E-state index contributed by atoms with van der Waals surface area (Å²) in [6.45, 7) is 9.01. The molecule has 0 spiro atoms. The lowest BCUT2D eigenvalue weighted by Gasteiger charge is -2.26. The molecule has 0 saturated carbocycles. The van der Waals surface area contributed by atoms with Crippen LogP contribution >= 0.6 is 0 Å². The molecule has 1 saturated heterocycles. The Labute approximate surface area is 233 Å². The highest BCUT2D eigenvalue weighted by atomic mass is 32.2. The van der Waals surface area contributed by atoms with Gasteiger partial charge in [-0.05, 0) is 49.7 Å². The number of anilines is 2. The van der Waals surface area contributed by atoms with E-state index in [0.717, 1.165) is 56.2 Å². The number of sulfone groups is 1. The van der Waals surface area contributed by atoms with Crippen LogP contribution in [0.15, 0.2) is 59.8 Å². The van der Waals surface area contributed by atoms with Crippen molar-refractivity contribution in [2.75, 3.05) is 49.6 Å². The summed E-state index contributed by atoms with van der Waals surface area (Å²) in [6, 6.07) is 12.6. The van der Waals surface area contributed by atoms with Gasteiger partial charge < -0.3 is 19.9 Å². The SMILES string of the molecule is CC(C)S(=O)(=O)c1ccc(-c2cnc3[nH]cc(N4Cc5cc(NCCN6CCOCC6)ccc5C4=O)c3n2)cc1. The Bertz CT molecular complexity index is 1660. The summed E-state index contributed by atoms with van der Waals surface area (Å²) in [5.74, 6) is -0.0776. The fourth-order valence-electron chi connectivity index (χ4n) is 5.12. The Morgan fingerprint density at radius 2 is 1.88 bits per heavy atom. The van der Waals surface area contributed by atoms with Crippen molar-refractivity contribution in [2.45, 2.75) is 30.5 Å². The van der Waals surface area contributed by atoms with E-state index >= 15 is 0 Å². The van der Waals surface area contributed by atoms with E-state index in [0.29, 0.717) is 34.7 Å². The normalized spacial score (nSPS) is 16.2. The van der Waals surface area contributed by atoms with Gasteiger partial charge in [-0.25, -0.2) is 18.4 Å². The van der Waals surface area contributed by atoms with Crippen molar-refractivity contribution < 1.29 is 17.9 Å². The summed E-state index contributed by atoms with van der Waals surface area (Å²) in [7, 11) is -3.36. The zero-order valence-corrected chi connectivity index (χ0v) is 23.4. The number of hydrogen-bond acceptors (Lipinski definition) is 8. The molecular formula is C29H32N6O4S. The summed E-state index contributed by atoms with van der Waals surface area (Å²) in [4.78, 5) is 30.2. The second-order valence-corrected chi connectivity index (χ2v) is 12.9. The predicted octanol–water partition coefficient (Wildman–Crippen LogP) is 3.71. The van der Waals surface area contributed by atoms with Crippen LogP contribution in [0, 0.1) is 0 Å². The van der Waals surface area contributed by atoms with Gasteiger partial charge in [0, 0.05) is 49.2 Å². The van der Waals surface area contributed by atoms with Crippen molar-refractivity contribution in [1.29, 1.82) is 0 Å². The van der Waals surface area contributed by atoms with E-state index in [1.807, 2.05) is 18.2 Å². The molecule has 0 radical (unpaired) electrons. The molecule has 4 aromatic rings. The van der Waals surface area contributed by atoms with Crippen LogP contribution in [0.4, 0.5) is 11.4 Å². The third-order valence-corrected chi connectivity index (χ3v) is 9.69. The Morgan fingerprint density at radius 1 is 1.10 bits per heavy atom. The van der Waals surface area contributed by atoms with Crippen LogP contribution in [0.1, 0.15) is 29.8 Å². The van der Waals surface area contributed by atoms with E-state index in [9.17, 15) is 13.2 Å². The molecule has 2 aliphatic heterocycles. The van der Waals surface area contributed by atoms with Crippen LogP contribution in [0.2, 0.25) is 0 Å². The lowest BCUT2D eigenvalue weighted by molar-refractivity contribution is 0.0398.